The molecule has 0 aromatic rings. The Morgan fingerprint density at radius 1 is 0.548 bits per heavy atom. The molecule has 0 saturated heterocycles. The summed E-state index contributed by atoms with van der Waals surface area (Å²) in [5.41, 5.74) is 0. The monoisotopic (exact) mass is 589 g/mol. The van der Waals surface area contributed by atoms with E-state index in [0.29, 0.717) is 6.42 Å². The van der Waals surface area contributed by atoms with Gasteiger partial charge in [-0.2, -0.15) is 0 Å². The Balaban J connectivity index is 4.16. The number of ether oxygens (including phenoxy) is 1. The summed E-state index contributed by atoms with van der Waals surface area (Å²) in [4.78, 5) is 23.2. The number of carbonyl (C=O) groups excluding carboxylic acids is 1. The van der Waals surface area contributed by atoms with E-state index in [4.69, 9.17) is 9.84 Å². The molecule has 0 aromatic carbocycles. The van der Waals surface area contributed by atoms with Crippen LogP contribution in [0.25, 0.3) is 0 Å². The van der Waals surface area contributed by atoms with E-state index >= 15 is 0 Å². The van der Waals surface area contributed by atoms with Crippen molar-refractivity contribution in [3.63, 3.8) is 0 Å². The molecule has 4 nitrogen and oxygen atoms in total. The Labute approximate surface area is 260 Å². The predicted molar refractivity (Wildman–Crippen MR) is 181 cm³/mol. The lowest BCUT2D eigenvalue weighted by Crippen LogP contribution is -2.16. The van der Waals surface area contributed by atoms with Gasteiger partial charge in [-0.15, -0.1) is 0 Å². The fourth-order valence-electron chi connectivity index (χ4n) is 5.13. The molecular weight excluding hydrogens is 520 g/mol. The molecule has 1 atom stereocenters. The van der Waals surface area contributed by atoms with Gasteiger partial charge < -0.3 is 9.84 Å². The first-order valence-corrected chi connectivity index (χ1v) is 18.0. The second-order valence-electron chi connectivity index (χ2n) is 12.0. The highest BCUT2D eigenvalue weighted by Crippen LogP contribution is 2.15. The fourth-order valence-corrected chi connectivity index (χ4v) is 5.13. The topological polar surface area (TPSA) is 63.6 Å². The first kappa shape index (κ1) is 40.2. The highest BCUT2D eigenvalue weighted by atomic mass is 16.5. The second kappa shape index (κ2) is 33.7. The van der Waals surface area contributed by atoms with Crippen molar-refractivity contribution < 1.29 is 19.4 Å². The van der Waals surface area contributed by atoms with E-state index in [9.17, 15) is 9.59 Å². The Bertz CT molecular complexity index is 679. The average Bonchev–Trinajstić information content (AvgIpc) is 2.97. The van der Waals surface area contributed by atoms with E-state index in [1.807, 2.05) is 0 Å². The zero-order valence-corrected chi connectivity index (χ0v) is 27.8. The van der Waals surface area contributed by atoms with Crippen molar-refractivity contribution in [1.82, 2.24) is 0 Å². The molecule has 0 aliphatic rings. The van der Waals surface area contributed by atoms with Gasteiger partial charge in [0.25, 0.3) is 0 Å². The molecule has 244 valence electrons. The van der Waals surface area contributed by atoms with Gasteiger partial charge in [0.1, 0.15) is 6.10 Å². The number of aliphatic carboxylic acids is 1. The molecule has 1 N–H and O–H groups in total. The van der Waals surface area contributed by atoms with E-state index in [1.54, 1.807) is 0 Å². The molecule has 0 bridgehead atoms. The first-order chi connectivity index (χ1) is 20.6. The summed E-state index contributed by atoms with van der Waals surface area (Å²) < 4.78 is 5.88. The molecule has 4 heteroatoms. The van der Waals surface area contributed by atoms with Crippen molar-refractivity contribution >= 4 is 11.9 Å². The highest BCUT2D eigenvalue weighted by molar-refractivity contribution is 5.69. The number of allylic oxidation sites excluding steroid dienone is 5. The number of carboxylic acid groups (broad SMARTS) is 1. The van der Waals surface area contributed by atoms with Gasteiger partial charge in [0, 0.05) is 12.8 Å². The quantitative estimate of drug-likeness (QED) is 0.0482. The van der Waals surface area contributed by atoms with Gasteiger partial charge in [0.05, 0.1) is 0 Å². The van der Waals surface area contributed by atoms with E-state index in [2.05, 4.69) is 50.3 Å². The van der Waals surface area contributed by atoms with Crippen LogP contribution in [0.2, 0.25) is 0 Å². The lowest BCUT2D eigenvalue weighted by molar-refractivity contribution is -0.147. The molecule has 0 aliphatic heterocycles. The molecule has 0 fully saturated rings. The normalized spacial score (nSPS) is 12.6. The maximum absolute atomic E-state index is 12.6. The lowest BCUT2D eigenvalue weighted by Gasteiger charge is -2.14. The number of carbonyl (C=O) groups is 2. The van der Waals surface area contributed by atoms with Crippen LogP contribution in [0.15, 0.2) is 36.5 Å². The van der Waals surface area contributed by atoms with Crippen molar-refractivity contribution in [1.29, 1.82) is 0 Å². The van der Waals surface area contributed by atoms with Crippen molar-refractivity contribution in [3.8, 4) is 0 Å². The Morgan fingerprint density at radius 2 is 1.00 bits per heavy atom. The van der Waals surface area contributed by atoms with Gasteiger partial charge in [-0.1, -0.05) is 134 Å². The molecule has 0 aliphatic carbocycles. The van der Waals surface area contributed by atoms with Gasteiger partial charge in [-0.25, -0.2) is 0 Å². The van der Waals surface area contributed by atoms with Gasteiger partial charge in [0.15, 0.2) is 0 Å². The zero-order valence-electron chi connectivity index (χ0n) is 27.8. The summed E-state index contributed by atoms with van der Waals surface area (Å²) in [6.45, 7) is 4.50. The smallest absolute Gasteiger partial charge is 0.306 e. The number of hydrogen-bond donors (Lipinski definition) is 1. The summed E-state index contributed by atoms with van der Waals surface area (Å²) >= 11 is 0. The summed E-state index contributed by atoms with van der Waals surface area (Å²) in [5, 5.41) is 8.75. The van der Waals surface area contributed by atoms with E-state index < -0.39 is 5.97 Å². The van der Waals surface area contributed by atoms with Crippen LogP contribution in [0.4, 0.5) is 0 Å². The molecule has 0 spiro atoms. The van der Waals surface area contributed by atoms with Crippen LogP contribution in [0.3, 0.4) is 0 Å². The van der Waals surface area contributed by atoms with Crippen LogP contribution in [0, 0.1) is 0 Å². The van der Waals surface area contributed by atoms with E-state index in [0.717, 1.165) is 70.6 Å². The van der Waals surface area contributed by atoms with Crippen molar-refractivity contribution in [3.05, 3.63) is 36.5 Å². The van der Waals surface area contributed by atoms with Gasteiger partial charge in [0.2, 0.25) is 0 Å². The Morgan fingerprint density at radius 3 is 1.57 bits per heavy atom. The molecule has 0 aromatic heterocycles. The minimum atomic E-state index is -0.704. The maximum Gasteiger partial charge on any atom is 0.306 e. The van der Waals surface area contributed by atoms with Gasteiger partial charge in [-0.3, -0.25) is 9.59 Å². The van der Waals surface area contributed by atoms with Crippen molar-refractivity contribution in [2.45, 2.75) is 193 Å². The third kappa shape index (κ3) is 32.7. The summed E-state index contributed by atoms with van der Waals surface area (Å²) in [6, 6.07) is 0. The third-order valence-electron chi connectivity index (χ3n) is 7.82. The molecular formula is C38H68O4. The van der Waals surface area contributed by atoms with Crippen LogP contribution >= 0.6 is 0 Å². The minimum Gasteiger partial charge on any atom is -0.481 e. The number of unbranched alkanes of at least 4 members (excludes halogenated alkanes) is 19. The van der Waals surface area contributed by atoms with Crippen LogP contribution in [-0.4, -0.2) is 23.1 Å². The standard InChI is InChI=1S/C38H68O4/c1-3-5-7-9-11-13-14-15-16-17-19-21-27-31-35-38(41)42-36(32-28-24-20-18-12-10-8-6-4-2)33-29-25-22-23-26-30-34-37(39)40/h14-15,18,20,28,32,36H,3-13,16-17,19,21-27,29-31,33-35H2,1-2H3,(H,39,40)/b15-14-,20-18-,32-28-. The van der Waals surface area contributed by atoms with Crippen molar-refractivity contribution in [2.75, 3.05) is 0 Å². The number of rotatable bonds is 32. The third-order valence-corrected chi connectivity index (χ3v) is 7.82. The first-order valence-electron chi connectivity index (χ1n) is 18.0. The number of esters is 1. The fraction of sp³-hybridized carbons (Fsp3) is 0.789. The van der Waals surface area contributed by atoms with Crippen LogP contribution in [0.1, 0.15) is 187 Å². The van der Waals surface area contributed by atoms with E-state index in [1.165, 1.54) is 89.9 Å². The molecule has 1 unspecified atom stereocenters. The van der Waals surface area contributed by atoms with E-state index in [-0.39, 0.29) is 18.5 Å². The summed E-state index contributed by atoms with van der Waals surface area (Å²) in [5.74, 6) is -0.768. The van der Waals surface area contributed by atoms with Crippen LogP contribution in [0.5, 0.6) is 0 Å². The number of carboxylic acids is 1. The SMILES string of the molecule is CCCCCC/C=C\C/C=C\C(CCCCCCCCC(=O)O)OC(=O)CCCCCCC/C=C\CCCCCCC. The lowest BCUT2D eigenvalue weighted by atomic mass is 10.1. The molecule has 0 rings (SSSR count). The predicted octanol–water partition coefficient (Wildman–Crippen LogP) is 12.2. The van der Waals surface area contributed by atoms with Crippen LogP contribution in [-0.2, 0) is 14.3 Å². The molecule has 0 saturated carbocycles. The summed E-state index contributed by atoms with van der Waals surface area (Å²) in [7, 11) is 0. The molecule has 0 amide bonds. The second-order valence-corrected chi connectivity index (χ2v) is 12.0. The molecule has 42 heavy (non-hydrogen) atoms. The molecule has 0 radical (unpaired) electrons. The Hall–Kier alpha value is -1.84. The average molecular weight is 589 g/mol. The van der Waals surface area contributed by atoms with Gasteiger partial charge >= 0.3 is 11.9 Å². The highest BCUT2D eigenvalue weighted by Gasteiger charge is 2.11. The van der Waals surface area contributed by atoms with Gasteiger partial charge in [-0.05, 0) is 76.7 Å². The number of hydrogen-bond acceptors (Lipinski definition) is 3. The summed E-state index contributed by atoms with van der Waals surface area (Å²) in [6.07, 6.45) is 43.1. The molecule has 0 heterocycles. The maximum atomic E-state index is 12.6. The largest absolute Gasteiger partial charge is 0.481 e. The Kier molecular flexibility index (Phi) is 32.2. The zero-order chi connectivity index (χ0) is 30.8. The van der Waals surface area contributed by atoms with Crippen LogP contribution < -0.4 is 0 Å². The minimum absolute atomic E-state index is 0.0633. The van der Waals surface area contributed by atoms with Crippen molar-refractivity contribution in [2.24, 2.45) is 0 Å².